The van der Waals surface area contributed by atoms with Crippen LogP contribution in [0.4, 0.5) is 5.69 Å². The van der Waals surface area contributed by atoms with Gasteiger partial charge >= 0.3 is 0 Å². The molecule has 0 radical (unpaired) electrons. The molecular formula is C23H24N2O3S. The Labute approximate surface area is 172 Å². The molecule has 0 aromatic heterocycles. The number of sulfonamides is 1. The lowest BCUT2D eigenvalue weighted by molar-refractivity contribution is -0.116. The highest BCUT2D eigenvalue weighted by molar-refractivity contribution is 7.89. The van der Waals surface area contributed by atoms with Gasteiger partial charge in [-0.25, -0.2) is 8.42 Å². The zero-order chi connectivity index (χ0) is 20.9. The number of nitrogens with zero attached hydrogens (tertiary/aromatic N) is 1. The molecule has 3 aromatic carbocycles. The van der Waals surface area contributed by atoms with E-state index in [1.165, 1.54) is 16.4 Å². The molecule has 3 rings (SSSR count). The maximum Gasteiger partial charge on any atom is 0.243 e. The fraction of sp³-hybridized carbons (Fsp3) is 0.174. The predicted molar refractivity (Wildman–Crippen MR) is 115 cm³/mol. The van der Waals surface area contributed by atoms with Crippen LogP contribution in [0.2, 0.25) is 0 Å². The molecule has 0 spiro atoms. The van der Waals surface area contributed by atoms with Gasteiger partial charge in [0.05, 0.1) is 11.4 Å². The van der Waals surface area contributed by atoms with Crippen LogP contribution in [0.25, 0.3) is 0 Å². The number of benzene rings is 3. The number of hydrogen-bond acceptors (Lipinski definition) is 3. The van der Waals surface area contributed by atoms with Gasteiger partial charge in [0.15, 0.2) is 0 Å². The average Bonchev–Trinajstić information content (AvgIpc) is 2.72. The first-order chi connectivity index (χ1) is 13.9. The Hall–Kier alpha value is -2.96. The summed E-state index contributed by atoms with van der Waals surface area (Å²) in [5.41, 5.74) is 3.64. The number of hydrogen-bond donors (Lipinski definition) is 1. The summed E-state index contributed by atoms with van der Waals surface area (Å²) in [7, 11) is -3.83. The van der Waals surface area contributed by atoms with Gasteiger partial charge in [0.1, 0.15) is 0 Å². The van der Waals surface area contributed by atoms with E-state index in [9.17, 15) is 13.2 Å². The Kier molecular flexibility index (Phi) is 6.46. The van der Waals surface area contributed by atoms with E-state index >= 15 is 0 Å². The minimum atomic E-state index is -3.83. The largest absolute Gasteiger partial charge is 0.325 e. The normalized spacial score (nSPS) is 11.4. The van der Waals surface area contributed by atoms with E-state index in [1.807, 2.05) is 62.4 Å². The molecule has 0 aliphatic heterocycles. The van der Waals surface area contributed by atoms with E-state index in [4.69, 9.17) is 0 Å². The molecule has 0 saturated carbocycles. The van der Waals surface area contributed by atoms with Gasteiger partial charge in [-0.3, -0.25) is 4.79 Å². The molecule has 29 heavy (non-hydrogen) atoms. The highest BCUT2D eigenvalue weighted by Gasteiger charge is 2.26. The zero-order valence-electron chi connectivity index (χ0n) is 16.5. The second-order valence-corrected chi connectivity index (χ2v) is 8.86. The third-order valence-electron chi connectivity index (χ3n) is 4.69. The maximum atomic E-state index is 13.2. The van der Waals surface area contributed by atoms with Crippen LogP contribution >= 0.6 is 0 Å². The molecule has 0 aliphatic rings. The monoisotopic (exact) mass is 408 g/mol. The van der Waals surface area contributed by atoms with Gasteiger partial charge in [-0.15, -0.1) is 0 Å². The van der Waals surface area contributed by atoms with Gasteiger partial charge in [0.25, 0.3) is 0 Å². The first kappa shape index (κ1) is 20.8. The van der Waals surface area contributed by atoms with Crippen molar-refractivity contribution >= 4 is 21.6 Å². The average molecular weight is 409 g/mol. The van der Waals surface area contributed by atoms with Crippen molar-refractivity contribution < 1.29 is 13.2 Å². The molecule has 0 saturated heterocycles. The molecule has 1 amide bonds. The van der Waals surface area contributed by atoms with E-state index in [0.29, 0.717) is 5.69 Å². The number of amides is 1. The Bertz CT molecular complexity index is 1080. The Morgan fingerprint density at radius 3 is 2.10 bits per heavy atom. The predicted octanol–water partition coefficient (Wildman–Crippen LogP) is 4.13. The number of nitrogens with one attached hydrogen (secondary N) is 1. The van der Waals surface area contributed by atoms with Crippen molar-refractivity contribution in [2.45, 2.75) is 25.3 Å². The summed E-state index contributed by atoms with van der Waals surface area (Å²) < 4.78 is 27.5. The Morgan fingerprint density at radius 1 is 0.862 bits per heavy atom. The van der Waals surface area contributed by atoms with E-state index in [2.05, 4.69) is 5.32 Å². The van der Waals surface area contributed by atoms with Crippen molar-refractivity contribution in [1.29, 1.82) is 0 Å². The number of anilines is 1. The van der Waals surface area contributed by atoms with Crippen LogP contribution in [-0.2, 0) is 21.4 Å². The molecule has 6 heteroatoms. The summed E-state index contributed by atoms with van der Waals surface area (Å²) in [6.45, 7) is 3.79. The van der Waals surface area contributed by atoms with Gasteiger partial charge in [-0.2, -0.15) is 4.31 Å². The van der Waals surface area contributed by atoms with Gasteiger partial charge in [0, 0.05) is 12.2 Å². The van der Waals surface area contributed by atoms with Crippen LogP contribution in [0, 0.1) is 13.8 Å². The van der Waals surface area contributed by atoms with E-state index in [-0.39, 0.29) is 23.9 Å². The quantitative estimate of drug-likeness (QED) is 0.639. The standard InChI is InChI=1S/C23H24N2O3S/c1-18-13-14-21(15-19(18)2)24-23(26)17-25(16-20-9-5-3-6-10-20)29(27,28)22-11-7-4-8-12-22/h3-15H,16-17H2,1-2H3,(H,24,26). The van der Waals surface area contributed by atoms with E-state index < -0.39 is 10.0 Å². The molecule has 1 N–H and O–H groups in total. The molecule has 0 heterocycles. The molecule has 0 fully saturated rings. The number of rotatable bonds is 7. The SMILES string of the molecule is Cc1ccc(NC(=O)CN(Cc2ccccc2)S(=O)(=O)c2ccccc2)cc1C. The summed E-state index contributed by atoms with van der Waals surface area (Å²) in [5.74, 6) is -0.385. The molecule has 3 aromatic rings. The summed E-state index contributed by atoms with van der Waals surface area (Å²) in [5, 5.41) is 2.80. The lowest BCUT2D eigenvalue weighted by atomic mass is 10.1. The Balaban J connectivity index is 1.84. The van der Waals surface area contributed by atoms with Gasteiger partial charge in [-0.1, -0.05) is 54.6 Å². The number of carbonyl (C=O) groups is 1. The van der Waals surface area contributed by atoms with Crippen LogP contribution in [0.15, 0.2) is 83.8 Å². The first-order valence-electron chi connectivity index (χ1n) is 9.32. The van der Waals surface area contributed by atoms with E-state index in [1.54, 1.807) is 18.2 Å². The lowest BCUT2D eigenvalue weighted by Gasteiger charge is -2.22. The lowest BCUT2D eigenvalue weighted by Crippen LogP contribution is -2.37. The maximum absolute atomic E-state index is 13.2. The molecule has 0 aliphatic carbocycles. The molecule has 0 unspecified atom stereocenters. The summed E-state index contributed by atoms with van der Waals surface area (Å²) in [6, 6.07) is 23.0. The highest BCUT2D eigenvalue weighted by Crippen LogP contribution is 2.19. The van der Waals surface area contributed by atoms with E-state index in [0.717, 1.165) is 16.7 Å². The highest BCUT2D eigenvalue weighted by atomic mass is 32.2. The molecular weight excluding hydrogens is 384 g/mol. The van der Waals surface area contributed by atoms with Crippen molar-refractivity contribution in [2.75, 3.05) is 11.9 Å². The van der Waals surface area contributed by atoms with Crippen LogP contribution in [0.3, 0.4) is 0 Å². The molecule has 0 bridgehead atoms. The summed E-state index contributed by atoms with van der Waals surface area (Å²) >= 11 is 0. The van der Waals surface area contributed by atoms with Gasteiger partial charge in [0.2, 0.25) is 15.9 Å². The van der Waals surface area contributed by atoms with Crippen molar-refractivity contribution in [3.05, 3.63) is 95.6 Å². The van der Waals surface area contributed by atoms with Crippen LogP contribution in [0.5, 0.6) is 0 Å². The summed E-state index contributed by atoms with van der Waals surface area (Å²) in [4.78, 5) is 12.8. The Morgan fingerprint density at radius 2 is 1.48 bits per heavy atom. The topological polar surface area (TPSA) is 66.5 Å². The molecule has 5 nitrogen and oxygen atoms in total. The van der Waals surface area contributed by atoms with Crippen molar-refractivity contribution in [3.8, 4) is 0 Å². The fourth-order valence-electron chi connectivity index (χ4n) is 2.93. The van der Waals surface area contributed by atoms with Crippen molar-refractivity contribution in [2.24, 2.45) is 0 Å². The van der Waals surface area contributed by atoms with Crippen LogP contribution in [-0.4, -0.2) is 25.2 Å². The molecule has 150 valence electrons. The van der Waals surface area contributed by atoms with Gasteiger partial charge in [-0.05, 0) is 54.8 Å². The fourth-order valence-corrected chi connectivity index (χ4v) is 4.34. The third-order valence-corrected chi connectivity index (χ3v) is 6.50. The summed E-state index contributed by atoms with van der Waals surface area (Å²) in [6.07, 6.45) is 0. The minimum Gasteiger partial charge on any atom is -0.325 e. The third kappa shape index (κ3) is 5.31. The number of carbonyl (C=O) groups excluding carboxylic acids is 1. The van der Waals surface area contributed by atoms with Crippen LogP contribution < -0.4 is 5.32 Å². The minimum absolute atomic E-state index is 0.110. The smallest absolute Gasteiger partial charge is 0.243 e. The number of aryl methyl sites for hydroxylation is 2. The van der Waals surface area contributed by atoms with Crippen molar-refractivity contribution in [3.63, 3.8) is 0 Å². The second-order valence-electron chi connectivity index (χ2n) is 6.92. The van der Waals surface area contributed by atoms with Crippen LogP contribution in [0.1, 0.15) is 16.7 Å². The van der Waals surface area contributed by atoms with Gasteiger partial charge < -0.3 is 5.32 Å². The molecule has 0 atom stereocenters. The second kappa shape index (κ2) is 9.03. The zero-order valence-corrected chi connectivity index (χ0v) is 17.3. The van der Waals surface area contributed by atoms with Crippen molar-refractivity contribution in [1.82, 2.24) is 4.31 Å². The first-order valence-corrected chi connectivity index (χ1v) is 10.8.